The highest BCUT2D eigenvalue weighted by Gasteiger charge is 1.91. The van der Waals surface area contributed by atoms with Crippen LogP contribution in [-0.2, 0) is 6.42 Å². The smallest absolute Gasteiger partial charge is 0.000835 e. The molecule has 1 rings (SSSR count). The molecular weight excluding hydrogens is 194 g/mol. The molecule has 0 aliphatic carbocycles. The first-order valence-electron chi connectivity index (χ1n) is 6.29. The normalized spacial score (nSPS) is 10.2. The second-order valence-corrected chi connectivity index (χ2v) is 4.12. The van der Waals surface area contributed by atoms with Gasteiger partial charge in [0.1, 0.15) is 0 Å². The SMILES string of the molecule is C=CCCCCCNCCc1ccccc1. The van der Waals surface area contributed by atoms with E-state index in [-0.39, 0.29) is 0 Å². The van der Waals surface area contributed by atoms with Crippen LogP contribution in [0, 0.1) is 0 Å². The number of unbranched alkanes of at least 4 members (excludes halogenated alkanes) is 3. The first-order valence-corrected chi connectivity index (χ1v) is 6.29. The molecule has 0 bridgehead atoms. The third-order valence-corrected chi connectivity index (χ3v) is 2.70. The van der Waals surface area contributed by atoms with E-state index in [1.54, 1.807) is 0 Å². The summed E-state index contributed by atoms with van der Waals surface area (Å²) in [7, 11) is 0. The van der Waals surface area contributed by atoms with Crippen LogP contribution in [-0.4, -0.2) is 13.1 Å². The summed E-state index contributed by atoms with van der Waals surface area (Å²) in [5.41, 5.74) is 1.42. The minimum atomic E-state index is 1.09. The summed E-state index contributed by atoms with van der Waals surface area (Å²) < 4.78 is 0. The van der Waals surface area contributed by atoms with Gasteiger partial charge in [-0.25, -0.2) is 0 Å². The maximum Gasteiger partial charge on any atom is -0.000835 e. The number of benzene rings is 1. The van der Waals surface area contributed by atoms with Gasteiger partial charge in [0.05, 0.1) is 0 Å². The van der Waals surface area contributed by atoms with Gasteiger partial charge < -0.3 is 5.32 Å². The van der Waals surface area contributed by atoms with Crippen molar-refractivity contribution in [2.24, 2.45) is 0 Å². The van der Waals surface area contributed by atoms with Crippen LogP contribution in [0.1, 0.15) is 31.2 Å². The molecule has 0 spiro atoms. The molecule has 0 heterocycles. The van der Waals surface area contributed by atoms with Gasteiger partial charge >= 0.3 is 0 Å². The topological polar surface area (TPSA) is 12.0 Å². The van der Waals surface area contributed by atoms with Gasteiger partial charge in [-0.05, 0) is 44.3 Å². The van der Waals surface area contributed by atoms with E-state index in [0.29, 0.717) is 0 Å². The van der Waals surface area contributed by atoms with Crippen LogP contribution in [0.5, 0.6) is 0 Å². The van der Waals surface area contributed by atoms with Gasteiger partial charge in [-0.3, -0.25) is 0 Å². The van der Waals surface area contributed by atoms with Crippen molar-refractivity contribution in [3.63, 3.8) is 0 Å². The molecule has 0 aliphatic rings. The zero-order valence-corrected chi connectivity index (χ0v) is 10.1. The van der Waals surface area contributed by atoms with Gasteiger partial charge in [0.15, 0.2) is 0 Å². The van der Waals surface area contributed by atoms with Crippen molar-refractivity contribution in [1.29, 1.82) is 0 Å². The number of hydrogen-bond donors (Lipinski definition) is 1. The Morgan fingerprint density at radius 3 is 2.56 bits per heavy atom. The van der Waals surface area contributed by atoms with Gasteiger partial charge in [0.25, 0.3) is 0 Å². The fourth-order valence-corrected chi connectivity index (χ4v) is 1.72. The van der Waals surface area contributed by atoms with E-state index in [1.807, 2.05) is 6.08 Å². The Kier molecular flexibility index (Phi) is 7.44. The Bertz CT molecular complexity index is 266. The van der Waals surface area contributed by atoms with Crippen molar-refractivity contribution < 1.29 is 0 Å². The molecule has 1 heteroatoms. The summed E-state index contributed by atoms with van der Waals surface area (Å²) in [5, 5.41) is 3.48. The molecule has 1 aromatic carbocycles. The summed E-state index contributed by atoms with van der Waals surface area (Å²) in [4.78, 5) is 0. The number of rotatable bonds is 9. The summed E-state index contributed by atoms with van der Waals surface area (Å²) in [5.74, 6) is 0. The first kappa shape index (κ1) is 13.0. The fraction of sp³-hybridized carbons (Fsp3) is 0.467. The summed E-state index contributed by atoms with van der Waals surface area (Å²) >= 11 is 0. The van der Waals surface area contributed by atoms with Crippen LogP contribution in [0.3, 0.4) is 0 Å². The molecule has 0 radical (unpaired) electrons. The summed E-state index contributed by atoms with van der Waals surface area (Å²) in [6.45, 7) is 5.96. The molecular formula is C15H23N. The second-order valence-electron chi connectivity index (χ2n) is 4.12. The Balaban J connectivity index is 1.90. The Hall–Kier alpha value is -1.08. The lowest BCUT2D eigenvalue weighted by Crippen LogP contribution is -2.18. The van der Waals surface area contributed by atoms with E-state index >= 15 is 0 Å². The fourth-order valence-electron chi connectivity index (χ4n) is 1.72. The third-order valence-electron chi connectivity index (χ3n) is 2.70. The first-order chi connectivity index (χ1) is 7.93. The van der Waals surface area contributed by atoms with Crippen molar-refractivity contribution in [1.82, 2.24) is 5.32 Å². The quantitative estimate of drug-likeness (QED) is 0.492. The molecule has 16 heavy (non-hydrogen) atoms. The maximum absolute atomic E-state index is 3.73. The molecule has 0 saturated heterocycles. The van der Waals surface area contributed by atoms with Crippen molar-refractivity contribution in [3.8, 4) is 0 Å². The molecule has 0 atom stereocenters. The van der Waals surface area contributed by atoms with Gasteiger partial charge in [-0.1, -0.05) is 42.8 Å². The molecule has 1 nitrogen and oxygen atoms in total. The van der Waals surface area contributed by atoms with Crippen molar-refractivity contribution >= 4 is 0 Å². The third kappa shape index (κ3) is 6.41. The molecule has 88 valence electrons. The Morgan fingerprint density at radius 1 is 1.00 bits per heavy atom. The van der Waals surface area contributed by atoms with E-state index in [9.17, 15) is 0 Å². The molecule has 1 aromatic rings. The van der Waals surface area contributed by atoms with Crippen LogP contribution >= 0.6 is 0 Å². The van der Waals surface area contributed by atoms with E-state index in [0.717, 1.165) is 25.9 Å². The highest BCUT2D eigenvalue weighted by Crippen LogP contribution is 2.00. The molecule has 0 unspecified atom stereocenters. The lowest BCUT2D eigenvalue weighted by Gasteiger charge is -2.04. The minimum absolute atomic E-state index is 1.09. The molecule has 0 aliphatic heterocycles. The van der Waals surface area contributed by atoms with E-state index < -0.39 is 0 Å². The number of nitrogens with one attached hydrogen (secondary N) is 1. The van der Waals surface area contributed by atoms with Crippen LogP contribution in [0.2, 0.25) is 0 Å². The van der Waals surface area contributed by atoms with Gasteiger partial charge in [0.2, 0.25) is 0 Å². The molecule has 0 saturated carbocycles. The van der Waals surface area contributed by atoms with Gasteiger partial charge in [0, 0.05) is 0 Å². The average Bonchev–Trinajstić information content (AvgIpc) is 2.34. The predicted molar refractivity (Wildman–Crippen MR) is 71.7 cm³/mol. The highest BCUT2D eigenvalue weighted by atomic mass is 14.8. The lowest BCUT2D eigenvalue weighted by molar-refractivity contribution is 0.606. The zero-order valence-electron chi connectivity index (χ0n) is 10.1. The monoisotopic (exact) mass is 217 g/mol. The molecule has 0 amide bonds. The Labute approximate surface area is 99.6 Å². The van der Waals surface area contributed by atoms with E-state index in [2.05, 4.69) is 42.2 Å². The molecule has 0 aromatic heterocycles. The number of hydrogen-bond acceptors (Lipinski definition) is 1. The van der Waals surface area contributed by atoms with Crippen molar-refractivity contribution in [2.75, 3.05) is 13.1 Å². The van der Waals surface area contributed by atoms with Crippen LogP contribution in [0.15, 0.2) is 43.0 Å². The van der Waals surface area contributed by atoms with Crippen LogP contribution in [0.25, 0.3) is 0 Å². The van der Waals surface area contributed by atoms with Crippen LogP contribution < -0.4 is 5.32 Å². The molecule has 1 N–H and O–H groups in total. The zero-order chi connectivity index (χ0) is 11.5. The number of allylic oxidation sites excluding steroid dienone is 1. The largest absolute Gasteiger partial charge is 0.316 e. The Morgan fingerprint density at radius 2 is 1.81 bits per heavy atom. The lowest BCUT2D eigenvalue weighted by atomic mass is 10.1. The second kappa shape index (κ2) is 9.17. The van der Waals surface area contributed by atoms with E-state index in [1.165, 1.54) is 24.8 Å². The minimum Gasteiger partial charge on any atom is -0.316 e. The van der Waals surface area contributed by atoms with Crippen LogP contribution in [0.4, 0.5) is 0 Å². The van der Waals surface area contributed by atoms with E-state index in [4.69, 9.17) is 0 Å². The average molecular weight is 217 g/mol. The standard InChI is InChI=1S/C15H23N/c1-2-3-4-5-9-13-16-14-12-15-10-7-6-8-11-15/h2,6-8,10-11,16H,1,3-5,9,12-14H2. The predicted octanol–water partition coefficient (Wildman–Crippen LogP) is 3.57. The summed E-state index contributed by atoms with van der Waals surface area (Å²) in [6, 6.07) is 10.6. The van der Waals surface area contributed by atoms with Gasteiger partial charge in [-0.2, -0.15) is 0 Å². The van der Waals surface area contributed by atoms with Gasteiger partial charge in [-0.15, -0.1) is 6.58 Å². The van der Waals surface area contributed by atoms with Crippen molar-refractivity contribution in [3.05, 3.63) is 48.6 Å². The molecule has 0 fully saturated rings. The summed E-state index contributed by atoms with van der Waals surface area (Å²) in [6.07, 6.45) is 8.16. The highest BCUT2D eigenvalue weighted by molar-refractivity contribution is 5.14. The maximum atomic E-state index is 3.73. The van der Waals surface area contributed by atoms with Crippen molar-refractivity contribution in [2.45, 2.75) is 32.1 Å².